The van der Waals surface area contributed by atoms with E-state index in [1.54, 1.807) is 6.07 Å². The van der Waals surface area contributed by atoms with Gasteiger partial charge in [-0.05, 0) is 29.9 Å². The van der Waals surface area contributed by atoms with Gasteiger partial charge < -0.3 is 9.55 Å². The molecule has 0 unspecified atom stereocenters. The van der Waals surface area contributed by atoms with E-state index in [4.69, 9.17) is 23.8 Å². The number of aromatic nitrogens is 2. The molecular formula is C14H9BrClFN2S. The maximum absolute atomic E-state index is 13.7. The van der Waals surface area contributed by atoms with E-state index < -0.39 is 5.82 Å². The fourth-order valence-corrected chi connectivity index (χ4v) is 2.95. The van der Waals surface area contributed by atoms with E-state index in [-0.39, 0.29) is 5.02 Å². The van der Waals surface area contributed by atoms with Crippen LogP contribution in [0, 0.1) is 10.6 Å². The molecule has 0 fully saturated rings. The smallest absolute Gasteiger partial charge is 0.178 e. The van der Waals surface area contributed by atoms with E-state index in [0.29, 0.717) is 16.8 Å². The Labute approximate surface area is 133 Å². The Morgan fingerprint density at radius 1 is 1.30 bits per heavy atom. The van der Waals surface area contributed by atoms with Crippen LogP contribution in [-0.4, -0.2) is 9.55 Å². The zero-order valence-corrected chi connectivity index (χ0v) is 13.3. The average molecular weight is 372 g/mol. The Hall–Kier alpha value is -1.17. The van der Waals surface area contributed by atoms with Gasteiger partial charge in [0.05, 0.1) is 22.6 Å². The molecule has 0 aliphatic carbocycles. The van der Waals surface area contributed by atoms with Crippen molar-refractivity contribution in [1.82, 2.24) is 9.55 Å². The molecule has 2 aromatic carbocycles. The van der Waals surface area contributed by atoms with Crippen molar-refractivity contribution >= 4 is 50.8 Å². The van der Waals surface area contributed by atoms with Crippen LogP contribution in [0.5, 0.6) is 0 Å². The molecular weight excluding hydrogens is 363 g/mol. The minimum atomic E-state index is -0.450. The number of H-pyrrole nitrogens is 1. The van der Waals surface area contributed by atoms with Crippen LogP contribution in [0.3, 0.4) is 0 Å². The molecule has 0 bridgehead atoms. The number of hydrogen-bond donors (Lipinski definition) is 1. The van der Waals surface area contributed by atoms with Crippen molar-refractivity contribution in [2.75, 3.05) is 0 Å². The SMILES string of the molecule is Fc1cc2c(cc1Cl)[nH]c(=S)n2Cc1ccccc1Br. The minimum Gasteiger partial charge on any atom is -0.331 e. The lowest BCUT2D eigenvalue weighted by atomic mass is 10.2. The molecule has 6 heteroatoms. The molecule has 0 amide bonds. The number of halogens is 3. The Kier molecular flexibility index (Phi) is 3.67. The van der Waals surface area contributed by atoms with Gasteiger partial charge in [-0.25, -0.2) is 4.39 Å². The quantitative estimate of drug-likeness (QED) is 0.606. The third kappa shape index (κ3) is 2.41. The van der Waals surface area contributed by atoms with Crippen molar-refractivity contribution in [1.29, 1.82) is 0 Å². The monoisotopic (exact) mass is 370 g/mol. The number of nitrogens with zero attached hydrogens (tertiary/aromatic N) is 1. The Bertz CT molecular complexity index is 856. The topological polar surface area (TPSA) is 20.7 Å². The second-order valence-corrected chi connectivity index (χ2v) is 6.04. The van der Waals surface area contributed by atoms with Crippen LogP contribution in [0.15, 0.2) is 40.9 Å². The highest BCUT2D eigenvalue weighted by Gasteiger charge is 2.10. The van der Waals surface area contributed by atoms with Crippen LogP contribution in [0.1, 0.15) is 5.56 Å². The van der Waals surface area contributed by atoms with Crippen LogP contribution >= 0.6 is 39.7 Å². The summed E-state index contributed by atoms with van der Waals surface area (Å²) in [6, 6.07) is 10.8. The van der Waals surface area contributed by atoms with E-state index in [1.807, 2.05) is 28.8 Å². The maximum Gasteiger partial charge on any atom is 0.178 e. The number of rotatable bonds is 2. The largest absolute Gasteiger partial charge is 0.331 e. The van der Waals surface area contributed by atoms with Gasteiger partial charge in [0.25, 0.3) is 0 Å². The van der Waals surface area contributed by atoms with Gasteiger partial charge in [-0.15, -0.1) is 0 Å². The van der Waals surface area contributed by atoms with E-state index in [2.05, 4.69) is 20.9 Å². The van der Waals surface area contributed by atoms with Gasteiger partial charge in [-0.3, -0.25) is 0 Å². The molecule has 0 radical (unpaired) electrons. The minimum absolute atomic E-state index is 0.0850. The molecule has 20 heavy (non-hydrogen) atoms. The number of benzene rings is 2. The van der Waals surface area contributed by atoms with Gasteiger partial charge in [-0.1, -0.05) is 45.7 Å². The summed E-state index contributed by atoms with van der Waals surface area (Å²) < 4.78 is 17.0. The number of nitrogens with one attached hydrogen (secondary N) is 1. The highest BCUT2D eigenvalue weighted by molar-refractivity contribution is 9.10. The molecule has 1 heterocycles. The Balaban J connectivity index is 2.17. The molecule has 3 aromatic rings. The molecule has 2 nitrogen and oxygen atoms in total. The van der Waals surface area contributed by atoms with Crippen molar-refractivity contribution in [3.05, 3.63) is 62.0 Å². The number of imidazole rings is 1. The normalized spacial score (nSPS) is 11.2. The molecule has 0 aliphatic heterocycles. The van der Waals surface area contributed by atoms with E-state index in [0.717, 1.165) is 15.6 Å². The first kappa shape index (κ1) is 13.8. The van der Waals surface area contributed by atoms with Crippen molar-refractivity contribution in [2.45, 2.75) is 6.54 Å². The fraction of sp³-hybridized carbons (Fsp3) is 0.0714. The van der Waals surface area contributed by atoms with Crippen LogP contribution in [0.4, 0.5) is 4.39 Å². The third-order valence-corrected chi connectivity index (χ3v) is 4.49. The summed E-state index contributed by atoms with van der Waals surface area (Å²) >= 11 is 14.6. The second-order valence-electron chi connectivity index (χ2n) is 4.39. The van der Waals surface area contributed by atoms with Crippen molar-refractivity contribution in [3.8, 4) is 0 Å². The molecule has 102 valence electrons. The Morgan fingerprint density at radius 3 is 2.80 bits per heavy atom. The maximum atomic E-state index is 13.7. The van der Waals surface area contributed by atoms with E-state index in [9.17, 15) is 4.39 Å². The number of hydrogen-bond acceptors (Lipinski definition) is 1. The zero-order valence-electron chi connectivity index (χ0n) is 10.2. The first-order valence-electron chi connectivity index (χ1n) is 5.87. The predicted molar refractivity (Wildman–Crippen MR) is 85.3 cm³/mol. The zero-order chi connectivity index (χ0) is 14.3. The summed E-state index contributed by atoms with van der Waals surface area (Å²) in [5.41, 5.74) is 2.50. The molecule has 0 spiro atoms. The van der Waals surface area contributed by atoms with Gasteiger partial charge in [0.1, 0.15) is 5.82 Å². The van der Waals surface area contributed by atoms with Crippen molar-refractivity contribution < 1.29 is 4.39 Å². The Morgan fingerprint density at radius 2 is 2.05 bits per heavy atom. The summed E-state index contributed by atoms with van der Waals surface area (Å²) in [6.07, 6.45) is 0. The van der Waals surface area contributed by atoms with Gasteiger partial charge in [0.15, 0.2) is 4.77 Å². The first-order valence-corrected chi connectivity index (χ1v) is 7.45. The number of aromatic amines is 1. The molecule has 1 aromatic heterocycles. The molecule has 0 saturated heterocycles. The molecule has 0 atom stereocenters. The summed E-state index contributed by atoms with van der Waals surface area (Å²) in [5, 5.41) is 0.0850. The summed E-state index contributed by atoms with van der Waals surface area (Å²) in [7, 11) is 0. The average Bonchev–Trinajstić information content (AvgIpc) is 2.69. The second kappa shape index (κ2) is 5.31. The number of fused-ring (bicyclic) bond motifs is 1. The van der Waals surface area contributed by atoms with Gasteiger partial charge >= 0.3 is 0 Å². The van der Waals surface area contributed by atoms with Gasteiger partial charge in [0.2, 0.25) is 0 Å². The molecule has 0 aliphatic rings. The molecule has 0 saturated carbocycles. The standard InChI is InChI=1S/C14H9BrClFN2S/c15-9-4-2-1-3-8(9)7-19-13-6-11(17)10(16)5-12(13)18-14(19)20/h1-6H,7H2,(H,18,20). The summed E-state index contributed by atoms with van der Waals surface area (Å²) in [4.78, 5) is 3.05. The lowest BCUT2D eigenvalue weighted by molar-refractivity contribution is 0.629. The van der Waals surface area contributed by atoms with E-state index in [1.165, 1.54) is 6.07 Å². The molecule has 3 rings (SSSR count). The van der Waals surface area contributed by atoms with Crippen LogP contribution in [0.2, 0.25) is 5.02 Å². The molecule has 1 N–H and O–H groups in total. The van der Waals surface area contributed by atoms with Gasteiger partial charge in [-0.2, -0.15) is 0 Å². The lowest BCUT2D eigenvalue weighted by Gasteiger charge is -2.07. The van der Waals surface area contributed by atoms with Crippen molar-refractivity contribution in [3.63, 3.8) is 0 Å². The highest BCUT2D eigenvalue weighted by Crippen LogP contribution is 2.25. The summed E-state index contributed by atoms with van der Waals surface area (Å²) in [5.74, 6) is -0.450. The van der Waals surface area contributed by atoms with Crippen molar-refractivity contribution in [2.24, 2.45) is 0 Å². The third-order valence-electron chi connectivity index (χ3n) is 3.10. The van der Waals surface area contributed by atoms with Crippen LogP contribution in [-0.2, 0) is 6.54 Å². The summed E-state index contributed by atoms with van der Waals surface area (Å²) in [6.45, 7) is 0.557. The highest BCUT2D eigenvalue weighted by atomic mass is 79.9. The van der Waals surface area contributed by atoms with Crippen LogP contribution in [0.25, 0.3) is 11.0 Å². The predicted octanol–water partition coefficient (Wildman–Crippen LogP) is 5.30. The lowest BCUT2D eigenvalue weighted by Crippen LogP contribution is -2.00. The fourth-order valence-electron chi connectivity index (χ4n) is 2.11. The van der Waals surface area contributed by atoms with Gasteiger partial charge in [0, 0.05) is 10.5 Å². The van der Waals surface area contributed by atoms with E-state index >= 15 is 0 Å². The van der Waals surface area contributed by atoms with Crippen LogP contribution < -0.4 is 0 Å². The first-order chi connectivity index (χ1) is 9.56.